The molecule has 3 N–H and O–H groups in total. The van der Waals surface area contributed by atoms with Gasteiger partial charge in [-0.15, -0.1) is 12.4 Å². The van der Waals surface area contributed by atoms with Crippen LogP contribution in [0, 0.1) is 0 Å². The van der Waals surface area contributed by atoms with Crippen molar-refractivity contribution in [1.82, 2.24) is 15.1 Å². The molecule has 1 atom stereocenters. The third-order valence-electron chi connectivity index (χ3n) is 5.12. The fourth-order valence-corrected chi connectivity index (χ4v) is 3.85. The van der Waals surface area contributed by atoms with Gasteiger partial charge < -0.3 is 19.5 Å². The first-order chi connectivity index (χ1) is 14.1. The molecule has 1 amide bonds. The predicted octanol–water partition coefficient (Wildman–Crippen LogP) is 4.25. The molecule has 5 rings (SSSR count). The molecule has 0 fully saturated rings. The van der Waals surface area contributed by atoms with Gasteiger partial charge in [0.1, 0.15) is 28.6 Å². The van der Waals surface area contributed by atoms with E-state index in [2.05, 4.69) is 10.2 Å². The molecule has 30 heavy (non-hydrogen) atoms. The molecule has 0 saturated heterocycles. The number of halogens is 1. The standard InChI is InChI=1S/C22H17N3O4.ClH/c26-14-6-3-5-13(11-14)21-18-19(16-8-1-2-9-17(16)27)23-24-20(18)22(28)25(21)12-15-7-4-10-29-15;/h1-11,21,26-27H,12H2,(H,23,24);1H. The Kier molecular flexibility index (Phi) is 4.97. The average molecular weight is 424 g/mol. The third-order valence-corrected chi connectivity index (χ3v) is 5.12. The molecule has 8 heteroatoms. The Morgan fingerprint density at radius 3 is 2.63 bits per heavy atom. The van der Waals surface area contributed by atoms with E-state index in [4.69, 9.17) is 4.42 Å². The maximum atomic E-state index is 13.2. The van der Waals surface area contributed by atoms with Crippen LogP contribution in [0.15, 0.2) is 71.3 Å². The van der Waals surface area contributed by atoms with Crippen LogP contribution in [0.2, 0.25) is 0 Å². The highest BCUT2D eigenvalue weighted by molar-refractivity contribution is 6.00. The number of H-pyrrole nitrogens is 1. The molecule has 1 unspecified atom stereocenters. The van der Waals surface area contributed by atoms with E-state index in [1.165, 1.54) is 0 Å². The van der Waals surface area contributed by atoms with E-state index in [1.54, 1.807) is 59.7 Å². The molecule has 0 saturated carbocycles. The van der Waals surface area contributed by atoms with Gasteiger partial charge in [0.25, 0.3) is 5.91 Å². The lowest BCUT2D eigenvalue weighted by Gasteiger charge is -2.25. The minimum atomic E-state index is -0.497. The quantitative estimate of drug-likeness (QED) is 0.455. The van der Waals surface area contributed by atoms with Crippen molar-refractivity contribution >= 4 is 18.3 Å². The number of phenolic OH excluding ortho intramolecular Hbond substituents is 2. The van der Waals surface area contributed by atoms with Crippen LogP contribution in [0.5, 0.6) is 11.5 Å². The first kappa shape index (κ1) is 19.6. The van der Waals surface area contributed by atoms with Crippen LogP contribution in [0.25, 0.3) is 11.3 Å². The molecule has 0 aliphatic carbocycles. The van der Waals surface area contributed by atoms with Crippen molar-refractivity contribution in [2.75, 3.05) is 0 Å². The summed E-state index contributed by atoms with van der Waals surface area (Å²) >= 11 is 0. The number of fused-ring (bicyclic) bond motifs is 1. The van der Waals surface area contributed by atoms with E-state index in [-0.39, 0.29) is 36.4 Å². The van der Waals surface area contributed by atoms with Gasteiger partial charge in [0.05, 0.1) is 18.8 Å². The Bertz CT molecular complexity index is 1200. The lowest BCUT2D eigenvalue weighted by Crippen LogP contribution is -2.28. The number of para-hydroxylation sites is 1. The zero-order valence-electron chi connectivity index (χ0n) is 15.6. The van der Waals surface area contributed by atoms with E-state index < -0.39 is 6.04 Å². The summed E-state index contributed by atoms with van der Waals surface area (Å²) in [6, 6.07) is 16.7. The number of nitrogens with one attached hydrogen (secondary N) is 1. The number of carbonyl (C=O) groups is 1. The summed E-state index contributed by atoms with van der Waals surface area (Å²) in [5.41, 5.74) is 2.79. The van der Waals surface area contributed by atoms with Crippen LogP contribution < -0.4 is 0 Å². The first-order valence-electron chi connectivity index (χ1n) is 9.12. The SMILES string of the molecule is Cl.O=C1c2[nH]nc(-c3ccccc3O)c2C(c2cccc(O)c2)N1Cc1ccco1. The van der Waals surface area contributed by atoms with Gasteiger partial charge in [0.2, 0.25) is 0 Å². The van der Waals surface area contributed by atoms with Crippen molar-refractivity contribution in [3.8, 4) is 22.8 Å². The number of benzene rings is 2. The summed E-state index contributed by atoms with van der Waals surface area (Å²) in [6.45, 7) is 0.259. The van der Waals surface area contributed by atoms with Crippen LogP contribution in [0.4, 0.5) is 0 Å². The molecule has 3 heterocycles. The predicted molar refractivity (Wildman–Crippen MR) is 111 cm³/mol. The zero-order chi connectivity index (χ0) is 20.0. The second-order valence-electron chi connectivity index (χ2n) is 6.89. The van der Waals surface area contributed by atoms with Crippen molar-refractivity contribution in [2.45, 2.75) is 12.6 Å². The molecule has 1 aliphatic rings. The molecular weight excluding hydrogens is 406 g/mol. The number of hydrogen-bond acceptors (Lipinski definition) is 5. The number of hydrogen-bond donors (Lipinski definition) is 3. The molecule has 4 aromatic rings. The molecule has 0 radical (unpaired) electrons. The maximum Gasteiger partial charge on any atom is 0.273 e. The van der Waals surface area contributed by atoms with Crippen molar-refractivity contribution in [2.24, 2.45) is 0 Å². The number of aromatic hydroxyl groups is 2. The second kappa shape index (κ2) is 7.61. The van der Waals surface area contributed by atoms with Crippen LogP contribution >= 0.6 is 12.4 Å². The summed E-state index contributed by atoms with van der Waals surface area (Å²) < 4.78 is 5.45. The Hall–Kier alpha value is -3.71. The van der Waals surface area contributed by atoms with Crippen LogP contribution in [-0.2, 0) is 6.54 Å². The monoisotopic (exact) mass is 423 g/mol. The highest BCUT2D eigenvalue weighted by Gasteiger charge is 2.42. The molecule has 2 aromatic carbocycles. The molecule has 2 aromatic heterocycles. The first-order valence-corrected chi connectivity index (χ1v) is 9.12. The number of phenols is 2. The number of amides is 1. The zero-order valence-corrected chi connectivity index (χ0v) is 16.5. The lowest BCUT2D eigenvalue weighted by molar-refractivity contribution is 0.0716. The molecule has 1 aliphatic heterocycles. The number of aromatic nitrogens is 2. The Morgan fingerprint density at radius 2 is 1.90 bits per heavy atom. The van der Waals surface area contributed by atoms with Crippen LogP contribution in [0.3, 0.4) is 0 Å². The highest BCUT2D eigenvalue weighted by Crippen LogP contribution is 2.45. The lowest BCUT2D eigenvalue weighted by atomic mass is 9.95. The van der Waals surface area contributed by atoms with Gasteiger partial charge in [-0.3, -0.25) is 9.89 Å². The molecule has 0 bridgehead atoms. The Labute approximate surface area is 178 Å². The number of rotatable bonds is 4. The number of nitrogens with zero attached hydrogens (tertiary/aromatic N) is 2. The number of aromatic amines is 1. The Morgan fingerprint density at radius 1 is 1.07 bits per heavy atom. The largest absolute Gasteiger partial charge is 0.508 e. The van der Waals surface area contributed by atoms with Gasteiger partial charge in [0, 0.05) is 11.1 Å². The number of carbonyl (C=O) groups excluding carboxylic acids is 1. The summed E-state index contributed by atoms with van der Waals surface area (Å²) in [7, 11) is 0. The highest BCUT2D eigenvalue weighted by atomic mass is 35.5. The minimum Gasteiger partial charge on any atom is -0.508 e. The summed E-state index contributed by atoms with van der Waals surface area (Å²) in [5, 5.41) is 27.5. The minimum absolute atomic E-state index is 0. The van der Waals surface area contributed by atoms with E-state index >= 15 is 0 Å². The van der Waals surface area contributed by atoms with E-state index in [0.717, 1.165) is 5.56 Å². The second-order valence-corrected chi connectivity index (χ2v) is 6.89. The smallest absolute Gasteiger partial charge is 0.273 e. The summed E-state index contributed by atoms with van der Waals surface area (Å²) in [5.74, 6) is 0.604. The average Bonchev–Trinajstić information content (AvgIpc) is 3.42. The normalized spacial score (nSPS) is 15.1. The van der Waals surface area contributed by atoms with Crippen molar-refractivity contribution in [1.29, 1.82) is 0 Å². The van der Waals surface area contributed by atoms with E-state index in [1.807, 2.05) is 12.1 Å². The van der Waals surface area contributed by atoms with Crippen molar-refractivity contribution in [3.63, 3.8) is 0 Å². The third kappa shape index (κ3) is 3.09. The molecule has 7 nitrogen and oxygen atoms in total. The topological polar surface area (TPSA) is 103 Å². The fraction of sp³-hybridized carbons (Fsp3) is 0.0909. The van der Waals surface area contributed by atoms with Crippen LogP contribution in [-0.4, -0.2) is 31.2 Å². The van der Waals surface area contributed by atoms with E-state index in [9.17, 15) is 15.0 Å². The van der Waals surface area contributed by atoms with Gasteiger partial charge >= 0.3 is 0 Å². The molecule has 152 valence electrons. The van der Waals surface area contributed by atoms with Crippen molar-refractivity contribution < 1.29 is 19.4 Å². The van der Waals surface area contributed by atoms with Gasteiger partial charge in [-0.25, -0.2) is 0 Å². The van der Waals surface area contributed by atoms with E-state index in [0.29, 0.717) is 28.3 Å². The maximum absolute atomic E-state index is 13.2. The summed E-state index contributed by atoms with van der Waals surface area (Å²) in [6.07, 6.45) is 1.56. The van der Waals surface area contributed by atoms with Gasteiger partial charge in [-0.05, 0) is 42.0 Å². The molecular formula is C22H18ClN3O4. The molecule has 0 spiro atoms. The Balaban J connectivity index is 0.00000218. The fourth-order valence-electron chi connectivity index (χ4n) is 3.85. The van der Waals surface area contributed by atoms with Gasteiger partial charge in [-0.1, -0.05) is 24.3 Å². The van der Waals surface area contributed by atoms with Gasteiger partial charge in [-0.2, -0.15) is 5.10 Å². The van der Waals surface area contributed by atoms with Crippen LogP contribution in [0.1, 0.15) is 33.4 Å². The number of furan rings is 1. The summed E-state index contributed by atoms with van der Waals surface area (Å²) in [4.78, 5) is 14.9. The van der Waals surface area contributed by atoms with Crippen molar-refractivity contribution in [3.05, 3.63) is 89.5 Å². The van der Waals surface area contributed by atoms with Gasteiger partial charge in [0.15, 0.2) is 0 Å².